The quantitative estimate of drug-likeness (QED) is 0.203. The van der Waals surface area contributed by atoms with Crippen LogP contribution in [-0.4, -0.2) is 37.3 Å². The Bertz CT molecular complexity index is 1620. The van der Waals surface area contributed by atoms with Crippen molar-refractivity contribution in [1.29, 1.82) is 0 Å². The first-order chi connectivity index (χ1) is 20.0. The van der Waals surface area contributed by atoms with Crippen molar-refractivity contribution in [3.8, 4) is 17.1 Å². The van der Waals surface area contributed by atoms with Crippen molar-refractivity contribution in [2.75, 3.05) is 5.75 Å². The molecule has 3 aromatic carbocycles. The molecule has 2 heterocycles. The number of rotatable bonds is 13. The van der Waals surface area contributed by atoms with Crippen LogP contribution in [0.25, 0.3) is 22.3 Å². The number of pyridine rings is 1. The summed E-state index contributed by atoms with van der Waals surface area (Å²) < 4.78 is 6.14. The molecule has 210 valence electrons. The summed E-state index contributed by atoms with van der Waals surface area (Å²) in [6, 6.07) is 25.6. The molecule has 5 rings (SSSR count). The van der Waals surface area contributed by atoms with Crippen molar-refractivity contribution in [2.24, 2.45) is 5.92 Å². The van der Waals surface area contributed by atoms with Crippen molar-refractivity contribution < 1.29 is 44.2 Å². The molecule has 0 amide bonds. The number of aromatic amines is 1. The molecule has 0 spiro atoms. The van der Waals surface area contributed by atoms with Crippen molar-refractivity contribution >= 4 is 40.2 Å². The molecule has 0 radical (unpaired) electrons. The maximum Gasteiger partial charge on any atom is 1.00 e. The van der Waals surface area contributed by atoms with E-state index < -0.39 is 11.9 Å². The standard InChI is InChI=1S/C31H30ClN5O3S.Na/c1-2-20(31(38)39)19-41-29(15-12-21-6-3-4-9-27(21)30-34-36-37-35-30)23-7-5-8-26(16-23)40-18-25-14-11-22-10-13-24(32)17-28(22)33-25;/h3-11,13-14,16-17,20,29H,2,12,15,18-19H2,1H3,(H,38,39)(H,34,35,36,37);/q;+1/p-1. The van der Waals surface area contributed by atoms with Gasteiger partial charge in [0.05, 0.1) is 11.2 Å². The molecule has 2 aromatic heterocycles. The predicted molar refractivity (Wildman–Crippen MR) is 159 cm³/mol. The van der Waals surface area contributed by atoms with Crippen molar-refractivity contribution in [3.05, 3.63) is 101 Å². The number of fused-ring (bicyclic) bond motifs is 1. The average molecular weight is 610 g/mol. The van der Waals surface area contributed by atoms with Gasteiger partial charge in [0.1, 0.15) is 12.4 Å². The van der Waals surface area contributed by atoms with Gasteiger partial charge in [0, 0.05) is 38.9 Å². The first kappa shape index (κ1) is 32.0. The Balaban J connectivity index is 0.00000405. The summed E-state index contributed by atoms with van der Waals surface area (Å²) in [4.78, 5) is 16.3. The number of benzene rings is 3. The number of hydrogen-bond donors (Lipinski definition) is 1. The van der Waals surface area contributed by atoms with Crippen molar-refractivity contribution in [2.45, 2.75) is 38.0 Å². The van der Waals surface area contributed by atoms with E-state index in [4.69, 9.17) is 16.3 Å². The van der Waals surface area contributed by atoms with E-state index in [1.165, 1.54) is 0 Å². The van der Waals surface area contributed by atoms with Crippen LogP contribution in [0.5, 0.6) is 5.75 Å². The van der Waals surface area contributed by atoms with Gasteiger partial charge >= 0.3 is 29.6 Å². The van der Waals surface area contributed by atoms with Crippen LogP contribution in [0.4, 0.5) is 0 Å². The third-order valence-corrected chi connectivity index (χ3v) is 8.67. The summed E-state index contributed by atoms with van der Waals surface area (Å²) in [6.45, 7) is 2.19. The molecule has 0 fully saturated rings. The molecule has 8 nitrogen and oxygen atoms in total. The average Bonchev–Trinajstić information content (AvgIpc) is 3.53. The minimum absolute atomic E-state index is 0. The summed E-state index contributed by atoms with van der Waals surface area (Å²) in [5.74, 6) is 0.210. The van der Waals surface area contributed by atoms with E-state index in [-0.39, 0.29) is 34.8 Å². The summed E-state index contributed by atoms with van der Waals surface area (Å²) in [7, 11) is 0. The number of carbonyl (C=O) groups excluding carboxylic acids is 1. The van der Waals surface area contributed by atoms with E-state index in [1.54, 1.807) is 11.8 Å². The third kappa shape index (κ3) is 8.33. The number of aliphatic carboxylic acids is 1. The minimum atomic E-state index is -1.01. The van der Waals surface area contributed by atoms with Gasteiger partial charge in [-0.25, -0.2) is 4.98 Å². The molecular weight excluding hydrogens is 581 g/mol. The van der Waals surface area contributed by atoms with Crippen LogP contribution in [0.3, 0.4) is 0 Å². The Hall–Kier alpha value is -2.95. The van der Waals surface area contributed by atoms with Crippen LogP contribution in [0.15, 0.2) is 78.9 Å². The normalized spacial score (nSPS) is 12.4. The van der Waals surface area contributed by atoms with Gasteiger partial charge in [-0.2, -0.15) is 17.0 Å². The summed E-state index contributed by atoms with van der Waals surface area (Å²) in [5, 5.41) is 27.8. The SMILES string of the molecule is CCC(CSC(CCc1ccccc1-c1nn[nH]n1)c1cccc(OCc2ccc3ccc(Cl)cc3n2)c1)C(=O)[O-].[Na+]. The van der Waals surface area contributed by atoms with Gasteiger partial charge in [0.2, 0.25) is 5.82 Å². The molecule has 0 aliphatic heterocycles. The van der Waals surface area contributed by atoms with Gasteiger partial charge in [-0.3, -0.25) is 0 Å². The van der Waals surface area contributed by atoms with Crippen LogP contribution >= 0.6 is 23.4 Å². The number of carbonyl (C=O) groups is 1. The zero-order valence-electron chi connectivity index (χ0n) is 23.5. The Morgan fingerprint density at radius 2 is 1.90 bits per heavy atom. The number of ether oxygens (including phenoxy) is 1. The van der Waals surface area contributed by atoms with Crippen molar-refractivity contribution in [3.63, 3.8) is 0 Å². The molecule has 5 aromatic rings. The number of nitrogens with zero attached hydrogens (tertiary/aromatic N) is 4. The molecule has 0 aliphatic rings. The largest absolute Gasteiger partial charge is 1.00 e. The maximum absolute atomic E-state index is 11.6. The predicted octanol–water partition coefficient (Wildman–Crippen LogP) is 2.83. The number of aromatic nitrogens is 5. The molecule has 2 unspecified atom stereocenters. The van der Waals surface area contributed by atoms with Gasteiger partial charge in [-0.1, -0.05) is 67.1 Å². The molecule has 0 saturated carbocycles. The Morgan fingerprint density at radius 1 is 1.07 bits per heavy atom. The summed E-state index contributed by atoms with van der Waals surface area (Å²) in [5.41, 5.74) is 4.71. The molecule has 2 atom stereocenters. The minimum Gasteiger partial charge on any atom is -0.550 e. The number of carboxylic acids is 1. The Labute approximate surface area is 275 Å². The number of carboxylic acid groups (broad SMARTS) is 1. The van der Waals surface area contributed by atoms with Gasteiger partial charge < -0.3 is 14.6 Å². The van der Waals surface area contributed by atoms with Crippen LogP contribution < -0.4 is 39.4 Å². The van der Waals surface area contributed by atoms with Gasteiger partial charge in [-0.05, 0) is 65.9 Å². The van der Waals surface area contributed by atoms with Crippen LogP contribution in [0.2, 0.25) is 5.02 Å². The summed E-state index contributed by atoms with van der Waals surface area (Å²) in [6.07, 6.45) is 2.05. The second-order valence-corrected chi connectivity index (χ2v) is 11.4. The number of hydrogen-bond acceptors (Lipinski definition) is 8. The smallest absolute Gasteiger partial charge is 0.550 e. The monoisotopic (exact) mass is 609 g/mol. The zero-order chi connectivity index (χ0) is 28.6. The van der Waals surface area contributed by atoms with E-state index in [2.05, 4.69) is 37.7 Å². The van der Waals surface area contributed by atoms with E-state index >= 15 is 0 Å². The molecule has 0 bridgehead atoms. The Morgan fingerprint density at radius 3 is 2.69 bits per heavy atom. The van der Waals surface area contributed by atoms with Crippen LogP contribution in [-0.2, 0) is 17.8 Å². The topological polar surface area (TPSA) is 117 Å². The van der Waals surface area contributed by atoms with Gasteiger partial charge in [0.15, 0.2) is 0 Å². The van der Waals surface area contributed by atoms with E-state index in [1.807, 2.05) is 73.7 Å². The first-order valence-corrected chi connectivity index (χ1v) is 14.8. The number of H-pyrrole nitrogens is 1. The fourth-order valence-electron chi connectivity index (χ4n) is 4.62. The third-order valence-electron chi connectivity index (χ3n) is 6.93. The van der Waals surface area contributed by atoms with Crippen LogP contribution in [0, 0.1) is 5.92 Å². The second-order valence-electron chi connectivity index (χ2n) is 9.68. The zero-order valence-corrected chi connectivity index (χ0v) is 27.1. The van der Waals surface area contributed by atoms with E-state index in [9.17, 15) is 9.90 Å². The maximum atomic E-state index is 11.6. The van der Waals surface area contributed by atoms with Crippen LogP contribution in [0.1, 0.15) is 41.8 Å². The van der Waals surface area contributed by atoms with Crippen molar-refractivity contribution in [1.82, 2.24) is 25.6 Å². The molecule has 0 saturated heterocycles. The second kappa shape index (κ2) is 15.5. The molecule has 11 heteroatoms. The molecule has 0 aliphatic carbocycles. The number of tetrazole rings is 1. The first-order valence-electron chi connectivity index (χ1n) is 13.4. The van der Waals surface area contributed by atoms with E-state index in [0.29, 0.717) is 29.6 Å². The summed E-state index contributed by atoms with van der Waals surface area (Å²) >= 11 is 7.78. The number of halogens is 1. The molecular formula is C31H29ClN5NaO3S. The van der Waals surface area contributed by atoms with Gasteiger partial charge in [0.25, 0.3) is 0 Å². The van der Waals surface area contributed by atoms with Gasteiger partial charge in [-0.15, -0.1) is 10.2 Å². The molecule has 42 heavy (non-hydrogen) atoms. The van der Waals surface area contributed by atoms with E-state index in [0.717, 1.165) is 51.9 Å². The Kier molecular flexibility index (Phi) is 11.8. The number of aryl methyl sites for hydroxylation is 1. The number of thioether (sulfide) groups is 1. The fraction of sp³-hybridized carbons (Fsp3) is 0.258. The number of nitrogens with one attached hydrogen (secondary N) is 1. The fourth-order valence-corrected chi connectivity index (χ4v) is 6.25. The molecule has 1 N–H and O–H groups in total.